The first kappa shape index (κ1) is 11.6. The van der Waals surface area contributed by atoms with Crippen LogP contribution < -0.4 is 5.32 Å². The van der Waals surface area contributed by atoms with E-state index in [1.807, 2.05) is 17.7 Å². The molecule has 90 valence electrons. The standard InChI is InChI=1S/C12H17N5/c1-3-4-14-12-8-15-11(7-16-12)9-17-6-5-13-10(17)2/h5-8H,3-4,9H2,1-2H3,(H,14,16). The van der Waals surface area contributed by atoms with Gasteiger partial charge in [-0.3, -0.25) is 4.98 Å². The second kappa shape index (κ2) is 5.43. The lowest BCUT2D eigenvalue weighted by molar-refractivity contribution is 0.737. The van der Waals surface area contributed by atoms with Crippen molar-refractivity contribution in [2.75, 3.05) is 11.9 Å². The Morgan fingerprint density at radius 2 is 2.12 bits per heavy atom. The summed E-state index contributed by atoms with van der Waals surface area (Å²) in [5, 5.41) is 3.20. The maximum atomic E-state index is 4.37. The molecular weight excluding hydrogens is 214 g/mol. The summed E-state index contributed by atoms with van der Waals surface area (Å²) in [6.07, 6.45) is 8.40. The molecule has 0 aromatic carbocycles. The van der Waals surface area contributed by atoms with E-state index in [-0.39, 0.29) is 0 Å². The molecule has 5 heteroatoms. The highest BCUT2D eigenvalue weighted by Crippen LogP contribution is 2.04. The van der Waals surface area contributed by atoms with E-state index < -0.39 is 0 Å². The van der Waals surface area contributed by atoms with E-state index >= 15 is 0 Å². The van der Waals surface area contributed by atoms with Crippen LogP contribution in [0.5, 0.6) is 0 Å². The van der Waals surface area contributed by atoms with Gasteiger partial charge < -0.3 is 9.88 Å². The molecule has 0 radical (unpaired) electrons. The Morgan fingerprint density at radius 3 is 2.71 bits per heavy atom. The van der Waals surface area contributed by atoms with Gasteiger partial charge in [-0.05, 0) is 13.3 Å². The lowest BCUT2D eigenvalue weighted by Crippen LogP contribution is -2.06. The normalized spacial score (nSPS) is 10.5. The minimum Gasteiger partial charge on any atom is -0.369 e. The molecule has 0 saturated heterocycles. The Balaban J connectivity index is 2.01. The van der Waals surface area contributed by atoms with Gasteiger partial charge in [-0.2, -0.15) is 0 Å². The van der Waals surface area contributed by atoms with Crippen molar-refractivity contribution in [3.05, 3.63) is 36.3 Å². The third kappa shape index (κ3) is 3.03. The van der Waals surface area contributed by atoms with Gasteiger partial charge in [0.25, 0.3) is 0 Å². The molecule has 17 heavy (non-hydrogen) atoms. The van der Waals surface area contributed by atoms with Gasteiger partial charge in [-0.15, -0.1) is 0 Å². The first-order chi connectivity index (χ1) is 8.29. The fraction of sp³-hybridized carbons (Fsp3) is 0.417. The number of imidazole rings is 1. The minimum absolute atomic E-state index is 0.715. The number of anilines is 1. The zero-order valence-corrected chi connectivity index (χ0v) is 10.2. The highest BCUT2D eigenvalue weighted by Gasteiger charge is 2.00. The summed E-state index contributed by atoms with van der Waals surface area (Å²) in [5.74, 6) is 1.82. The zero-order valence-electron chi connectivity index (χ0n) is 10.2. The van der Waals surface area contributed by atoms with Crippen molar-refractivity contribution in [1.29, 1.82) is 0 Å². The Morgan fingerprint density at radius 1 is 1.24 bits per heavy atom. The second-order valence-electron chi connectivity index (χ2n) is 3.92. The van der Waals surface area contributed by atoms with Crippen LogP contribution in [0.2, 0.25) is 0 Å². The van der Waals surface area contributed by atoms with E-state index in [4.69, 9.17) is 0 Å². The van der Waals surface area contributed by atoms with Crippen LogP contribution in [0.25, 0.3) is 0 Å². The molecule has 1 N–H and O–H groups in total. The highest BCUT2D eigenvalue weighted by atomic mass is 15.1. The number of nitrogens with zero attached hydrogens (tertiary/aromatic N) is 4. The summed E-state index contributed by atoms with van der Waals surface area (Å²) in [6, 6.07) is 0. The number of aryl methyl sites for hydroxylation is 1. The Bertz CT molecular complexity index is 460. The average molecular weight is 231 g/mol. The molecule has 0 atom stereocenters. The third-order valence-corrected chi connectivity index (χ3v) is 2.52. The largest absolute Gasteiger partial charge is 0.369 e. The molecule has 0 aliphatic carbocycles. The molecule has 0 fully saturated rings. The molecule has 5 nitrogen and oxygen atoms in total. The van der Waals surface area contributed by atoms with Crippen molar-refractivity contribution in [2.45, 2.75) is 26.8 Å². The topological polar surface area (TPSA) is 55.6 Å². The van der Waals surface area contributed by atoms with Gasteiger partial charge in [0, 0.05) is 18.9 Å². The van der Waals surface area contributed by atoms with Gasteiger partial charge in [-0.25, -0.2) is 9.97 Å². The van der Waals surface area contributed by atoms with E-state index in [2.05, 4.69) is 27.2 Å². The number of nitrogens with one attached hydrogen (secondary N) is 1. The monoisotopic (exact) mass is 231 g/mol. The van der Waals surface area contributed by atoms with Crippen LogP contribution >= 0.6 is 0 Å². The van der Waals surface area contributed by atoms with Crippen LogP contribution in [0.3, 0.4) is 0 Å². The van der Waals surface area contributed by atoms with Crippen LogP contribution in [0.1, 0.15) is 24.9 Å². The van der Waals surface area contributed by atoms with Gasteiger partial charge in [0.15, 0.2) is 0 Å². The predicted octanol–water partition coefficient (Wildman–Crippen LogP) is 1.85. The quantitative estimate of drug-likeness (QED) is 0.853. The zero-order chi connectivity index (χ0) is 12.1. The molecular formula is C12H17N5. The first-order valence-electron chi connectivity index (χ1n) is 5.82. The van der Waals surface area contributed by atoms with Crippen molar-refractivity contribution >= 4 is 5.82 Å². The summed E-state index contributed by atoms with van der Waals surface area (Å²) >= 11 is 0. The first-order valence-corrected chi connectivity index (χ1v) is 5.82. The second-order valence-corrected chi connectivity index (χ2v) is 3.92. The van der Waals surface area contributed by atoms with E-state index in [0.717, 1.165) is 30.3 Å². The Hall–Kier alpha value is -1.91. The molecule has 0 amide bonds. The van der Waals surface area contributed by atoms with Gasteiger partial charge >= 0.3 is 0 Å². The van der Waals surface area contributed by atoms with Crippen LogP contribution in [-0.4, -0.2) is 26.1 Å². The van der Waals surface area contributed by atoms with Crippen molar-refractivity contribution in [3.8, 4) is 0 Å². The van der Waals surface area contributed by atoms with Crippen molar-refractivity contribution < 1.29 is 0 Å². The molecule has 0 saturated carbocycles. The van der Waals surface area contributed by atoms with Crippen LogP contribution in [0.4, 0.5) is 5.82 Å². The lowest BCUT2D eigenvalue weighted by Gasteiger charge is -2.06. The highest BCUT2D eigenvalue weighted by molar-refractivity contribution is 5.30. The summed E-state index contributed by atoms with van der Waals surface area (Å²) in [5.41, 5.74) is 0.938. The van der Waals surface area contributed by atoms with Crippen LogP contribution in [0.15, 0.2) is 24.8 Å². The average Bonchev–Trinajstić information content (AvgIpc) is 2.74. The summed E-state index contributed by atoms with van der Waals surface area (Å²) in [7, 11) is 0. The van der Waals surface area contributed by atoms with Gasteiger partial charge in [0.1, 0.15) is 11.6 Å². The van der Waals surface area contributed by atoms with E-state index in [1.165, 1.54) is 0 Å². The summed E-state index contributed by atoms with van der Waals surface area (Å²) in [4.78, 5) is 12.9. The van der Waals surface area contributed by atoms with Gasteiger partial charge in [0.05, 0.1) is 24.6 Å². The summed E-state index contributed by atoms with van der Waals surface area (Å²) < 4.78 is 2.04. The molecule has 0 bridgehead atoms. The number of hydrogen-bond donors (Lipinski definition) is 1. The molecule has 2 aromatic rings. The lowest BCUT2D eigenvalue weighted by atomic mass is 10.4. The fourth-order valence-electron chi connectivity index (χ4n) is 1.53. The molecule has 0 aliphatic rings. The fourth-order valence-corrected chi connectivity index (χ4v) is 1.53. The van der Waals surface area contributed by atoms with Crippen molar-refractivity contribution in [2.24, 2.45) is 0 Å². The summed E-state index contributed by atoms with van der Waals surface area (Å²) in [6.45, 7) is 5.74. The van der Waals surface area contributed by atoms with Gasteiger partial charge in [0.2, 0.25) is 0 Å². The molecule has 2 rings (SSSR count). The Kier molecular flexibility index (Phi) is 3.69. The molecule has 2 heterocycles. The SMILES string of the molecule is CCCNc1cnc(Cn2ccnc2C)cn1. The minimum atomic E-state index is 0.715. The van der Waals surface area contributed by atoms with Crippen LogP contribution in [-0.2, 0) is 6.54 Å². The molecule has 0 unspecified atom stereocenters. The molecule has 2 aromatic heterocycles. The number of aromatic nitrogens is 4. The van der Waals surface area contributed by atoms with Crippen molar-refractivity contribution in [3.63, 3.8) is 0 Å². The number of rotatable bonds is 5. The van der Waals surface area contributed by atoms with E-state index in [1.54, 1.807) is 18.6 Å². The maximum absolute atomic E-state index is 4.37. The maximum Gasteiger partial charge on any atom is 0.144 e. The van der Waals surface area contributed by atoms with Crippen LogP contribution in [0, 0.1) is 6.92 Å². The Labute approximate surface area is 101 Å². The predicted molar refractivity (Wildman–Crippen MR) is 66.9 cm³/mol. The van der Waals surface area contributed by atoms with Gasteiger partial charge in [-0.1, -0.05) is 6.92 Å². The molecule has 0 spiro atoms. The third-order valence-electron chi connectivity index (χ3n) is 2.52. The number of hydrogen-bond acceptors (Lipinski definition) is 4. The van der Waals surface area contributed by atoms with Crippen molar-refractivity contribution in [1.82, 2.24) is 19.5 Å². The smallest absolute Gasteiger partial charge is 0.144 e. The van der Waals surface area contributed by atoms with E-state index in [9.17, 15) is 0 Å². The van der Waals surface area contributed by atoms with E-state index in [0.29, 0.717) is 6.54 Å². The molecule has 0 aliphatic heterocycles.